The van der Waals surface area contributed by atoms with E-state index in [1.807, 2.05) is 36.4 Å². The lowest BCUT2D eigenvalue weighted by Crippen LogP contribution is -2.36. The molecule has 0 radical (unpaired) electrons. The normalized spacial score (nSPS) is 17.2. The van der Waals surface area contributed by atoms with Crippen molar-refractivity contribution in [1.82, 2.24) is 19.9 Å². The summed E-state index contributed by atoms with van der Waals surface area (Å²) in [5, 5.41) is 3.38. The third-order valence-electron chi connectivity index (χ3n) is 6.51. The van der Waals surface area contributed by atoms with Crippen LogP contribution in [0.1, 0.15) is 17.2 Å². The predicted octanol–water partition coefficient (Wildman–Crippen LogP) is 2.27. The van der Waals surface area contributed by atoms with Crippen LogP contribution in [-0.2, 0) is 19.4 Å². The molecule has 2 aliphatic heterocycles. The molecule has 2 aliphatic rings. The van der Waals surface area contributed by atoms with Crippen LogP contribution in [0.2, 0.25) is 0 Å². The summed E-state index contributed by atoms with van der Waals surface area (Å²) >= 11 is 0. The number of sulfone groups is 1. The average molecular weight is 536 g/mol. The van der Waals surface area contributed by atoms with E-state index in [1.54, 1.807) is 23.5 Å². The Kier molecular flexibility index (Phi) is 7.25. The first-order valence-corrected chi connectivity index (χ1v) is 14.3. The molecule has 1 aromatic carbocycles. The summed E-state index contributed by atoms with van der Waals surface area (Å²) in [7, 11) is -3.21. The molecule has 4 heterocycles. The summed E-state index contributed by atoms with van der Waals surface area (Å²) in [5.41, 5.74) is 10.3. The van der Waals surface area contributed by atoms with Crippen LogP contribution in [0.5, 0.6) is 0 Å². The van der Waals surface area contributed by atoms with E-state index in [2.05, 4.69) is 20.2 Å². The third kappa shape index (κ3) is 5.76. The zero-order valence-electron chi connectivity index (χ0n) is 20.9. The van der Waals surface area contributed by atoms with Crippen molar-refractivity contribution in [3.63, 3.8) is 0 Å². The molecular weight excluding hydrogens is 506 g/mol. The summed E-state index contributed by atoms with van der Waals surface area (Å²) in [6.45, 7) is 3.26. The van der Waals surface area contributed by atoms with Crippen molar-refractivity contribution in [3.8, 4) is 11.3 Å². The van der Waals surface area contributed by atoms with E-state index in [4.69, 9.17) is 15.5 Å². The highest BCUT2D eigenvalue weighted by molar-refractivity contribution is 7.90. The van der Waals surface area contributed by atoms with Crippen molar-refractivity contribution < 1.29 is 17.9 Å². The maximum atomic E-state index is 12.3. The molecule has 11 nitrogen and oxygen atoms in total. The van der Waals surface area contributed by atoms with Gasteiger partial charge in [0.2, 0.25) is 5.95 Å². The number of ether oxygens (including phenoxy) is 1. The van der Waals surface area contributed by atoms with Crippen LogP contribution >= 0.6 is 0 Å². The molecule has 0 aliphatic carbocycles. The molecule has 0 spiro atoms. The molecular formula is C26H29N7O4S. The minimum absolute atomic E-state index is 0.0724. The molecule has 1 fully saturated rings. The Bertz CT molecular complexity index is 1440. The molecule has 1 atom stereocenters. The van der Waals surface area contributed by atoms with Crippen LogP contribution in [0.3, 0.4) is 0 Å². The molecule has 0 saturated carbocycles. The van der Waals surface area contributed by atoms with E-state index in [1.165, 1.54) is 6.26 Å². The molecule has 3 aromatic rings. The van der Waals surface area contributed by atoms with Gasteiger partial charge in [-0.3, -0.25) is 0 Å². The maximum Gasteiger partial charge on any atom is 0.219 e. The number of nitrogen functional groups attached to an aromatic ring is 1. The number of carbonyl (C=O) groups excluding carboxylic acids is 1. The van der Waals surface area contributed by atoms with Crippen molar-refractivity contribution in [1.29, 1.82) is 0 Å². The number of anilines is 4. The zero-order valence-corrected chi connectivity index (χ0v) is 21.8. The highest BCUT2D eigenvalue weighted by Crippen LogP contribution is 2.37. The van der Waals surface area contributed by atoms with Crippen molar-refractivity contribution in [2.45, 2.75) is 6.04 Å². The Labute approximate surface area is 221 Å². The van der Waals surface area contributed by atoms with Crippen LogP contribution in [0.15, 0.2) is 48.9 Å². The van der Waals surface area contributed by atoms with E-state index in [9.17, 15) is 13.2 Å². The summed E-state index contributed by atoms with van der Waals surface area (Å²) in [6, 6.07) is 9.15. The first-order valence-electron chi connectivity index (χ1n) is 12.2. The van der Waals surface area contributed by atoms with Gasteiger partial charge in [0.15, 0.2) is 0 Å². The number of aldehydes is 1. The van der Waals surface area contributed by atoms with Gasteiger partial charge in [0, 0.05) is 67.0 Å². The molecule has 2 aromatic heterocycles. The predicted molar refractivity (Wildman–Crippen MR) is 147 cm³/mol. The van der Waals surface area contributed by atoms with Crippen LogP contribution in [0, 0.1) is 0 Å². The Morgan fingerprint density at radius 2 is 1.87 bits per heavy atom. The number of carbonyl (C=O) groups is 1. The minimum Gasteiger partial charge on any atom is -0.378 e. The van der Waals surface area contributed by atoms with Crippen molar-refractivity contribution in [2.24, 2.45) is 0 Å². The first kappa shape index (κ1) is 25.6. The summed E-state index contributed by atoms with van der Waals surface area (Å²) in [4.78, 5) is 29.3. The number of nitrogens with one attached hydrogen (secondary N) is 1. The fourth-order valence-corrected chi connectivity index (χ4v) is 5.06. The Hall–Kier alpha value is -4.03. The van der Waals surface area contributed by atoms with E-state index >= 15 is 0 Å². The van der Waals surface area contributed by atoms with Gasteiger partial charge in [-0.15, -0.1) is 0 Å². The standard InChI is InChI=1S/C26H29N7O4S/c1-38(35,36)13-10-33-7-6-18-14-22(19-15-28-26(27)29-16-19)31-25(24(18)23(33)17-34)30-20-2-4-21(5-3-20)32-8-11-37-12-9-32/h2-7,14-17,23H,8-13H2,1H3,(H,30,31)(H2,27,28,29). The molecule has 198 valence electrons. The highest BCUT2D eigenvalue weighted by Gasteiger charge is 2.28. The second-order valence-corrected chi connectivity index (χ2v) is 11.5. The monoisotopic (exact) mass is 535 g/mol. The molecule has 0 bridgehead atoms. The lowest BCUT2D eigenvalue weighted by atomic mass is 9.96. The lowest BCUT2D eigenvalue weighted by molar-refractivity contribution is -0.111. The molecule has 3 N–H and O–H groups in total. The van der Waals surface area contributed by atoms with E-state index in [0.29, 0.717) is 35.9 Å². The number of hydrogen-bond acceptors (Lipinski definition) is 11. The number of nitrogens with zero attached hydrogens (tertiary/aromatic N) is 5. The first-order chi connectivity index (χ1) is 18.3. The van der Waals surface area contributed by atoms with Gasteiger partial charge in [-0.25, -0.2) is 23.4 Å². The highest BCUT2D eigenvalue weighted by atomic mass is 32.2. The van der Waals surface area contributed by atoms with Gasteiger partial charge in [0.05, 0.1) is 24.7 Å². The summed E-state index contributed by atoms with van der Waals surface area (Å²) in [5.74, 6) is 0.573. The molecule has 0 amide bonds. The number of aromatic nitrogens is 3. The number of nitrogens with two attached hydrogens (primary N) is 1. The van der Waals surface area contributed by atoms with Crippen LogP contribution in [0.4, 0.5) is 23.1 Å². The van der Waals surface area contributed by atoms with Gasteiger partial charge in [0.1, 0.15) is 28.0 Å². The Balaban J connectivity index is 1.52. The molecule has 1 saturated heterocycles. The topological polar surface area (TPSA) is 144 Å². The number of morpholine rings is 1. The Morgan fingerprint density at radius 3 is 2.53 bits per heavy atom. The zero-order chi connectivity index (χ0) is 26.7. The van der Waals surface area contributed by atoms with E-state index < -0.39 is 15.9 Å². The fraction of sp³-hybridized carbons (Fsp3) is 0.308. The van der Waals surface area contributed by atoms with Crippen LogP contribution in [-0.4, -0.2) is 79.4 Å². The number of rotatable bonds is 8. The van der Waals surface area contributed by atoms with Gasteiger partial charge in [-0.05, 0) is 42.0 Å². The quantitative estimate of drug-likeness (QED) is 0.410. The average Bonchev–Trinajstić information content (AvgIpc) is 2.92. The second-order valence-electron chi connectivity index (χ2n) is 9.22. The number of hydrogen-bond donors (Lipinski definition) is 2. The molecule has 1 unspecified atom stereocenters. The minimum atomic E-state index is -3.21. The number of pyridine rings is 1. The lowest BCUT2D eigenvalue weighted by Gasteiger charge is -2.32. The van der Waals surface area contributed by atoms with Gasteiger partial charge < -0.3 is 30.4 Å². The maximum absolute atomic E-state index is 12.3. The number of benzene rings is 1. The molecule has 5 rings (SSSR count). The SMILES string of the molecule is CS(=O)(=O)CCN1C=Cc2cc(-c3cnc(N)nc3)nc(Nc3ccc(N4CCOCC4)cc3)c2C1C=O. The van der Waals surface area contributed by atoms with Crippen LogP contribution in [0.25, 0.3) is 17.3 Å². The Morgan fingerprint density at radius 1 is 1.16 bits per heavy atom. The summed E-state index contributed by atoms with van der Waals surface area (Å²) in [6.07, 6.45) is 8.79. The number of fused-ring (bicyclic) bond motifs is 1. The van der Waals surface area contributed by atoms with E-state index in [0.717, 1.165) is 36.3 Å². The second kappa shape index (κ2) is 10.8. The largest absolute Gasteiger partial charge is 0.378 e. The van der Waals surface area contributed by atoms with Gasteiger partial charge in [-0.2, -0.15) is 0 Å². The molecule has 12 heteroatoms. The van der Waals surface area contributed by atoms with Gasteiger partial charge >= 0.3 is 0 Å². The van der Waals surface area contributed by atoms with Crippen LogP contribution < -0.4 is 16.0 Å². The smallest absolute Gasteiger partial charge is 0.219 e. The van der Waals surface area contributed by atoms with Gasteiger partial charge in [0.25, 0.3) is 0 Å². The van der Waals surface area contributed by atoms with Crippen molar-refractivity contribution >= 4 is 45.3 Å². The van der Waals surface area contributed by atoms with Crippen molar-refractivity contribution in [3.05, 3.63) is 60.1 Å². The molecule has 38 heavy (non-hydrogen) atoms. The van der Waals surface area contributed by atoms with Crippen molar-refractivity contribution in [2.75, 3.05) is 60.8 Å². The summed E-state index contributed by atoms with van der Waals surface area (Å²) < 4.78 is 29.0. The third-order valence-corrected chi connectivity index (χ3v) is 7.44. The van der Waals surface area contributed by atoms with Gasteiger partial charge in [-0.1, -0.05) is 0 Å². The fourth-order valence-electron chi connectivity index (χ4n) is 4.52. The van der Waals surface area contributed by atoms with E-state index in [-0.39, 0.29) is 18.2 Å².